The van der Waals surface area contributed by atoms with Crippen LogP contribution in [0.2, 0.25) is 0 Å². The molecule has 1 aromatic carbocycles. The SMILES string of the molecule is CC(=O)N(c1ccsc1)c1ccc(O)c(Br)c1. The van der Waals surface area contributed by atoms with Gasteiger partial charge in [0.05, 0.1) is 15.8 Å². The highest BCUT2D eigenvalue weighted by Gasteiger charge is 2.15. The van der Waals surface area contributed by atoms with Gasteiger partial charge in [0.15, 0.2) is 0 Å². The van der Waals surface area contributed by atoms with Crippen LogP contribution in [0, 0.1) is 0 Å². The Balaban J connectivity index is 2.47. The summed E-state index contributed by atoms with van der Waals surface area (Å²) in [7, 11) is 0. The summed E-state index contributed by atoms with van der Waals surface area (Å²) in [5.74, 6) is 0.0866. The van der Waals surface area contributed by atoms with Crippen molar-refractivity contribution in [1.82, 2.24) is 0 Å². The summed E-state index contributed by atoms with van der Waals surface area (Å²) in [6.07, 6.45) is 0. The van der Waals surface area contributed by atoms with Crippen molar-refractivity contribution in [2.45, 2.75) is 6.92 Å². The molecule has 1 N–H and O–H groups in total. The van der Waals surface area contributed by atoms with Gasteiger partial charge in [0.1, 0.15) is 5.75 Å². The van der Waals surface area contributed by atoms with Gasteiger partial charge >= 0.3 is 0 Å². The Kier molecular flexibility index (Phi) is 3.49. The molecule has 0 saturated heterocycles. The minimum absolute atomic E-state index is 0.0685. The Morgan fingerprint density at radius 2 is 2.12 bits per heavy atom. The van der Waals surface area contributed by atoms with Gasteiger partial charge in [-0.1, -0.05) is 0 Å². The van der Waals surface area contributed by atoms with E-state index in [2.05, 4.69) is 15.9 Å². The van der Waals surface area contributed by atoms with Crippen LogP contribution in [0.5, 0.6) is 5.75 Å². The highest BCUT2D eigenvalue weighted by atomic mass is 79.9. The molecule has 0 aliphatic carbocycles. The van der Waals surface area contributed by atoms with E-state index >= 15 is 0 Å². The molecule has 88 valence electrons. The summed E-state index contributed by atoms with van der Waals surface area (Å²) in [5, 5.41) is 13.3. The summed E-state index contributed by atoms with van der Waals surface area (Å²) in [6.45, 7) is 1.51. The summed E-state index contributed by atoms with van der Waals surface area (Å²) < 4.78 is 0.566. The first kappa shape index (κ1) is 12.1. The largest absolute Gasteiger partial charge is 0.507 e. The van der Waals surface area contributed by atoms with Crippen molar-refractivity contribution >= 4 is 44.5 Å². The van der Waals surface area contributed by atoms with E-state index in [1.165, 1.54) is 18.3 Å². The maximum absolute atomic E-state index is 11.7. The molecule has 0 unspecified atom stereocenters. The fraction of sp³-hybridized carbons (Fsp3) is 0.0833. The molecule has 1 amide bonds. The van der Waals surface area contributed by atoms with Crippen LogP contribution < -0.4 is 4.90 Å². The molecule has 0 fully saturated rings. The molecular weight excluding hydrogens is 302 g/mol. The number of anilines is 2. The molecule has 17 heavy (non-hydrogen) atoms. The Bertz CT molecular complexity index is 539. The second-order valence-corrected chi connectivity index (χ2v) is 5.11. The summed E-state index contributed by atoms with van der Waals surface area (Å²) in [6, 6.07) is 6.86. The molecule has 0 radical (unpaired) electrons. The molecule has 0 saturated carbocycles. The van der Waals surface area contributed by atoms with Gasteiger partial charge in [0.25, 0.3) is 0 Å². The average molecular weight is 312 g/mol. The van der Waals surface area contributed by atoms with Gasteiger partial charge in [-0.25, -0.2) is 0 Å². The normalized spacial score (nSPS) is 10.2. The van der Waals surface area contributed by atoms with E-state index in [-0.39, 0.29) is 11.7 Å². The molecule has 1 heterocycles. The van der Waals surface area contributed by atoms with E-state index in [0.717, 1.165) is 11.4 Å². The number of halogens is 1. The van der Waals surface area contributed by atoms with E-state index < -0.39 is 0 Å². The number of hydrogen-bond donors (Lipinski definition) is 1. The molecule has 5 heteroatoms. The van der Waals surface area contributed by atoms with Crippen LogP contribution in [0.25, 0.3) is 0 Å². The first-order valence-corrected chi connectivity index (χ1v) is 6.64. The third-order valence-electron chi connectivity index (χ3n) is 2.27. The summed E-state index contributed by atoms with van der Waals surface area (Å²) >= 11 is 4.77. The van der Waals surface area contributed by atoms with Gasteiger partial charge < -0.3 is 5.11 Å². The minimum Gasteiger partial charge on any atom is -0.507 e. The number of amides is 1. The lowest BCUT2D eigenvalue weighted by atomic mass is 10.2. The predicted molar refractivity (Wildman–Crippen MR) is 72.9 cm³/mol. The number of aromatic hydroxyl groups is 1. The van der Waals surface area contributed by atoms with Crippen LogP contribution in [-0.4, -0.2) is 11.0 Å². The van der Waals surface area contributed by atoms with E-state index in [4.69, 9.17) is 0 Å². The Labute approximate surface area is 111 Å². The number of nitrogens with zero attached hydrogens (tertiary/aromatic N) is 1. The van der Waals surface area contributed by atoms with Crippen molar-refractivity contribution in [1.29, 1.82) is 0 Å². The molecule has 3 nitrogen and oxygen atoms in total. The monoisotopic (exact) mass is 311 g/mol. The minimum atomic E-state index is -0.0685. The van der Waals surface area contributed by atoms with Crippen LogP contribution in [0.4, 0.5) is 11.4 Å². The lowest BCUT2D eigenvalue weighted by molar-refractivity contribution is -0.115. The van der Waals surface area contributed by atoms with Gasteiger partial charge in [-0.2, -0.15) is 11.3 Å². The van der Waals surface area contributed by atoms with E-state index in [1.54, 1.807) is 23.1 Å². The molecule has 0 aliphatic rings. The first-order valence-electron chi connectivity index (χ1n) is 4.91. The zero-order valence-corrected chi connectivity index (χ0v) is 11.5. The van der Waals surface area contributed by atoms with Crippen molar-refractivity contribution in [3.05, 3.63) is 39.5 Å². The highest BCUT2D eigenvalue weighted by Crippen LogP contribution is 2.33. The number of carbonyl (C=O) groups is 1. The van der Waals surface area contributed by atoms with E-state index in [9.17, 15) is 9.90 Å². The molecule has 0 spiro atoms. The van der Waals surface area contributed by atoms with E-state index in [1.807, 2.05) is 16.8 Å². The van der Waals surface area contributed by atoms with Crippen molar-refractivity contribution in [3.8, 4) is 5.75 Å². The van der Waals surface area contributed by atoms with Crippen molar-refractivity contribution in [3.63, 3.8) is 0 Å². The number of carbonyl (C=O) groups excluding carboxylic acids is 1. The topological polar surface area (TPSA) is 40.5 Å². The van der Waals surface area contributed by atoms with Crippen LogP contribution in [0.15, 0.2) is 39.5 Å². The van der Waals surface area contributed by atoms with Crippen LogP contribution in [0.3, 0.4) is 0 Å². The molecule has 0 bridgehead atoms. The Hall–Kier alpha value is -1.33. The summed E-state index contributed by atoms with van der Waals surface area (Å²) in [5.41, 5.74) is 1.56. The number of rotatable bonds is 2. The molecule has 2 rings (SSSR count). The lowest BCUT2D eigenvalue weighted by Gasteiger charge is -2.20. The zero-order valence-electron chi connectivity index (χ0n) is 9.05. The van der Waals surface area contributed by atoms with Gasteiger partial charge in [0.2, 0.25) is 5.91 Å². The third-order valence-corrected chi connectivity index (χ3v) is 3.57. The fourth-order valence-corrected chi connectivity index (χ4v) is 2.52. The zero-order chi connectivity index (χ0) is 12.4. The van der Waals surface area contributed by atoms with Gasteiger partial charge in [-0.15, -0.1) is 0 Å². The molecule has 1 aromatic heterocycles. The number of phenolic OH excluding ortho intramolecular Hbond substituents is 1. The van der Waals surface area contributed by atoms with Gasteiger partial charge in [0, 0.05) is 12.3 Å². The second kappa shape index (κ2) is 4.89. The number of benzene rings is 1. The van der Waals surface area contributed by atoms with Gasteiger partial charge in [-0.05, 0) is 45.6 Å². The van der Waals surface area contributed by atoms with E-state index in [0.29, 0.717) is 4.47 Å². The third kappa shape index (κ3) is 2.50. The molecule has 0 aliphatic heterocycles. The first-order chi connectivity index (χ1) is 8.09. The molecular formula is C12H10BrNO2S. The Morgan fingerprint density at radius 1 is 1.35 bits per heavy atom. The second-order valence-electron chi connectivity index (χ2n) is 3.47. The maximum atomic E-state index is 11.7. The lowest BCUT2D eigenvalue weighted by Crippen LogP contribution is -2.21. The van der Waals surface area contributed by atoms with Crippen molar-refractivity contribution in [2.75, 3.05) is 4.90 Å². The van der Waals surface area contributed by atoms with Crippen molar-refractivity contribution < 1.29 is 9.90 Å². The average Bonchev–Trinajstić information content (AvgIpc) is 2.76. The number of phenols is 1. The summed E-state index contributed by atoms with van der Waals surface area (Å²) in [4.78, 5) is 13.3. The predicted octanol–water partition coefficient (Wildman–Crippen LogP) is 3.90. The smallest absolute Gasteiger partial charge is 0.228 e. The molecule has 2 aromatic rings. The molecule has 0 atom stereocenters. The van der Waals surface area contributed by atoms with Crippen molar-refractivity contribution in [2.24, 2.45) is 0 Å². The quantitative estimate of drug-likeness (QED) is 0.913. The van der Waals surface area contributed by atoms with Crippen LogP contribution in [-0.2, 0) is 4.79 Å². The fourth-order valence-electron chi connectivity index (χ4n) is 1.53. The van der Waals surface area contributed by atoms with Crippen LogP contribution >= 0.6 is 27.3 Å². The standard InChI is InChI=1S/C12H10BrNO2S/c1-8(15)14(10-4-5-17-7-10)9-2-3-12(16)11(13)6-9/h2-7,16H,1H3. The number of hydrogen-bond acceptors (Lipinski definition) is 3. The number of thiophene rings is 1. The van der Waals surface area contributed by atoms with Crippen LogP contribution in [0.1, 0.15) is 6.92 Å². The maximum Gasteiger partial charge on any atom is 0.228 e. The van der Waals surface area contributed by atoms with Gasteiger partial charge in [-0.3, -0.25) is 9.69 Å². The highest BCUT2D eigenvalue weighted by molar-refractivity contribution is 9.10. The Morgan fingerprint density at radius 3 is 2.65 bits per heavy atom.